The number of nitrogen functional groups attached to an aromatic ring is 1. The van der Waals surface area contributed by atoms with E-state index in [1.165, 1.54) is 6.07 Å². The summed E-state index contributed by atoms with van der Waals surface area (Å²) >= 11 is 0. The van der Waals surface area contributed by atoms with Gasteiger partial charge in [-0.25, -0.2) is 4.39 Å². The van der Waals surface area contributed by atoms with Gasteiger partial charge in [-0.15, -0.1) is 0 Å². The Morgan fingerprint density at radius 3 is 2.57 bits per heavy atom. The first kappa shape index (κ1) is 15.8. The number of hydrogen-bond donors (Lipinski definition) is 1. The summed E-state index contributed by atoms with van der Waals surface area (Å²) in [5.74, 6) is -1.37. The van der Waals surface area contributed by atoms with Gasteiger partial charge in [0.15, 0.2) is 11.6 Å². The summed E-state index contributed by atoms with van der Waals surface area (Å²) in [7, 11) is 0. The van der Waals surface area contributed by atoms with Crippen molar-refractivity contribution in [2.24, 2.45) is 0 Å². The molecule has 0 unspecified atom stereocenters. The molecule has 0 atom stereocenters. The largest absolute Gasteiger partial charge is 0.432 e. The molecule has 118 valence electrons. The number of nitrogens with zero attached hydrogens (tertiary/aromatic N) is 1. The average molecular weight is 304 g/mol. The highest BCUT2D eigenvalue weighted by Crippen LogP contribution is 2.33. The van der Waals surface area contributed by atoms with E-state index in [2.05, 4.69) is 4.74 Å². The summed E-state index contributed by atoms with van der Waals surface area (Å²) in [6.07, 6.45) is 1.83. The maximum Gasteiger partial charge on any atom is 0.387 e. The maximum absolute atomic E-state index is 13.5. The lowest BCUT2D eigenvalue weighted by atomic mass is 10.1. The second-order valence-corrected chi connectivity index (χ2v) is 4.86. The molecule has 1 aromatic rings. The minimum absolute atomic E-state index is 0.199. The predicted octanol–water partition coefficient (Wildman–Crippen LogP) is 3.01. The fourth-order valence-corrected chi connectivity index (χ4v) is 2.52. The minimum Gasteiger partial charge on any atom is -0.432 e. The van der Waals surface area contributed by atoms with Crippen LogP contribution in [0.25, 0.3) is 0 Å². The Balaban J connectivity index is 2.12. The van der Waals surface area contributed by atoms with Gasteiger partial charge in [0.2, 0.25) is 0 Å². The zero-order chi connectivity index (χ0) is 15.4. The summed E-state index contributed by atoms with van der Waals surface area (Å²) in [5.41, 5.74) is 6.52. The normalized spacial score (nSPS) is 16.5. The third-order valence-corrected chi connectivity index (χ3v) is 3.48. The van der Waals surface area contributed by atoms with Crippen LogP contribution in [0, 0.1) is 5.82 Å². The number of nitrogens with two attached hydrogens (primary N) is 1. The van der Waals surface area contributed by atoms with E-state index in [0.29, 0.717) is 25.4 Å². The number of piperidine rings is 1. The van der Waals surface area contributed by atoms with Gasteiger partial charge in [-0.1, -0.05) is 0 Å². The van der Waals surface area contributed by atoms with Gasteiger partial charge >= 0.3 is 6.61 Å². The highest BCUT2D eigenvalue weighted by molar-refractivity contribution is 5.70. The lowest BCUT2D eigenvalue weighted by Gasteiger charge is -2.34. The Labute approximate surface area is 121 Å². The number of benzene rings is 1. The smallest absolute Gasteiger partial charge is 0.387 e. The highest BCUT2D eigenvalue weighted by atomic mass is 19.3. The number of rotatable bonds is 5. The predicted molar refractivity (Wildman–Crippen MR) is 74.3 cm³/mol. The molecule has 21 heavy (non-hydrogen) atoms. The number of anilines is 2. The van der Waals surface area contributed by atoms with Gasteiger partial charge in [-0.3, -0.25) is 0 Å². The Morgan fingerprint density at radius 1 is 1.33 bits per heavy atom. The molecule has 1 heterocycles. The lowest BCUT2D eigenvalue weighted by Crippen LogP contribution is -2.37. The van der Waals surface area contributed by atoms with Crippen LogP contribution in [0.15, 0.2) is 12.1 Å². The molecule has 1 aliphatic heterocycles. The van der Waals surface area contributed by atoms with Crippen molar-refractivity contribution in [3.63, 3.8) is 0 Å². The number of alkyl halides is 2. The fourth-order valence-electron chi connectivity index (χ4n) is 2.52. The van der Waals surface area contributed by atoms with Crippen LogP contribution in [0.5, 0.6) is 5.75 Å². The first-order valence-electron chi connectivity index (χ1n) is 6.91. The molecular formula is C14H19F3N2O2. The molecule has 4 nitrogen and oxygen atoms in total. The van der Waals surface area contributed by atoms with Gasteiger partial charge in [-0.05, 0) is 19.8 Å². The zero-order valence-corrected chi connectivity index (χ0v) is 11.8. The molecule has 1 saturated heterocycles. The van der Waals surface area contributed by atoms with E-state index in [1.54, 1.807) is 0 Å². The SMILES string of the molecule is CCOC1CCN(c2cc(OC(F)F)c(F)cc2N)CC1. The highest BCUT2D eigenvalue weighted by Gasteiger charge is 2.23. The van der Waals surface area contributed by atoms with Gasteiger partial charge in [-0.2, -0.15) is 8.78 Å². The van der Waals surface area contributed by atoms with E-state index in [-0.39, 0.29) is 11.8 Å². The van der Waals surface area contributed by atoms with Crippen molar-refractivity contribution in [1.29, 1.82) is 0 Å². The Hall–Kier alpha value is -1.63. The second-order valence-electron chi connectivity index (χ2n) is 4.86. The summed E-state index contributed by atoms with van der Waals surface area (Å²) in [6, 6.07) is 2.25. The Bertz CT molecular complexity index is 478. The molecule has 0 spiro atoms. The van der Waals surface area contributed by atoms with Gasteiger partial charge in [0.25, 0.3) is 0 Å². The van der Waals surface area contributed by atoms with Crippen molar-refractivity contribution in [2.45, 2.75) is 32.5 Å². The first-order chi connectivity index (χ1) is 10.0. The number of hydrogen-bond acceptors (Lipinski definition) is 4. The molecule has 2 rings (SSSR count). The molecule has 1 fully saturated rings. The standard InChI is InChI=1S/C14H19F3N2O2/c1-2-20-9-3-5-19(6-4-9)12-8-13(21-14(16)17)10(15)7-11(12)18/h7-9,14H,2-6,18H2,1H3. The molecule has 2 N–H and O–H groups in total. The van der Waals surface area contributed by atoms with Gasteiger partial charge < -0.3 is 20.1 Å². The summed E-state index contributed by atoms with van der Waals surface area (Å²) < 4.78 is 47.8. The van der Waals surface area contributed by atoms with Crippen LogP contribution in [-0.2, 0) is 4.74 Å². The monoisotopic (exact) mass is 304 g/mol. The molecule has 1 aromatic carbocycles. The minimum atomic E-state index is -3.07. The van der Waals surface area contributed by atoms with Crippen molar-refractivity contribution < 1.29 is 22.6 Å². The molecule has 0 saturated carbocycles. The third-order valence-electron chi connectivity index (χ3n) is 3.48. The van der Waals surface area contributed by atoms with Crippen LogP contribution >= 0.6 is 0 Å². The van der Waals surface area contributed by atoms with Gasteiger partial charge in [0.05, 0.1) is 17.5 Å². The van der Waals surface area contributed by atoms with E-state index in [9.17, 15) is 13.2 Å². The Morgan fingerprint density at radius 2 is 2.00 bits per heavy atom. The summed E-state index contributed by atoms with van der Waals surface area (Å²) in [6.45, 7) is 0.886. The van der Waals surface area contributed by atoms with E-state index in [4.69, 9.17) is 10.5 Å². The van der Waals surface area contributed by atoms with Crippen molar-refractivity contribution >= 4 is 11.4 Å². The first-order valence-corrected chi connectivity index (χ1v) is 6.91. The molecule has 0 aliphatic carbocycles. The number of halogens is 3. The van der Waals surface area contributed by atoms with E-state index in [0.717, 1.165) is 18.9 Å². The van der Waals surface area contributed by atoms with Crippen LogP contribution in [0.2, 0.25) is 0 Å². The molecule has 1 aliphatic rings. The number of ether oxygens (including phenoxy) is 2. The van der Waals surface area contributed by atoms with Crippen molar-refractivity contribution in [1.82, 2.24) is 0 Å². The molecule has 0 amide bonds. The molecule has 0 aromatic heterocycles. The second kappa shape index (κ2) is 6.89. The van der Waals surface area contributed by atoms with Crippen LogP contribution in [0.3, 0.4) is 0 Å². The summed E-state index contributed by atoms with van der Waals surface area (Å²) in [5, 5.41) is 0. The van der Waals surface area contributed by atoms with Crippen molar-refractivity contribution in [3.05, 3.63) is 17.9 Å². The van der Waals surface area contributed by atoms with Gasteiger partial charge in [0.1, 0.15) is 0 Å². The van der Waals surface area contributed by atoms with E-state index < -0.39 is 18.2 Å². The van der Waals surface area contributed by atoms with Crippen LogP contribution < -0.4 is 15.4 Å². The van der Waals surface area contributed by atoms with E-state index >= 15 is 0 Å². The van der Waals surface area contributed by atoms with Crippen molar-refractivity contribution in [3.8, 4) is 5.75 Å². The zero-order valence-electron chi connectivity index (χ0n) is 11.8. The lowest BCUT2D eigenvalue weighted by molar-refractivity contribution is -0.0521. The summed E-state index contributed by atoms with van der Waals surface area (Å²) in [4.78, 5) is 1.93. The molecular weight excluding hydrogens is 285 g/mol. The third kappa shape index (κ3) is 3.93. The quantitative estimate of drug-likeness (QED) is 0.850. The molecule has 7 heteroatoms. The van der Waals surface area contributed by atoms with Gasteiger partial charge in [0, 0.05) is 31.8 Å². The Kier molecular flexibility index (Phi) is 5.17. The average Bonchev–Trinajstić information content (AvgIpc) is 2.43. The fraction of sp³-hybridized carbons (Fsp3) is 0.571. The molecule has 0 radical (unpaired) electrons. The van der Waals surface area contributed by atoms with Crippen LogP contribution in [0.4, 0.5) is 24.5 Å². The van der Waals surface area contributed by atoms with Crippen molar-refractivity contribution in [2.75, 3.05) is 30.3 Å². The topological polar surface area (TPSA) is 47.7 Å². The van der Waals surface area contributed by atoms with Crippen LogP contribution in [-0.4, -0.2) is 32.4 Å². The maximum atomic E-state index is 13.5. The molecule has 0 bridgehead atoms. The van der Waals surface area contributed by atoms with E-state index in [1.807, 2.05) is 11.8 Å². The van der Waals surface area contributed by atoms with Crippen LogP contribution in [0.1, 0.15) is 19.8 Å².